The summed E-state index contributed by atoms with van der Waals surface area (Å²) in [5, 5.41) is 20.2. The predicted molar refractivity (Wildman–Crippen MR) is 132 cm³/mol. The van der Waals surface area contributed by atoms with E-state index in [0.717, 1.165) is 59.7 Å². The Morgan fingerprint density at radius 1 is 1.06 bits per heavy atom. The van der Waals surface area contributed by atoms with E-state index in [-0.39, 0.29) is 6.61 Å². The van der Waals surface area contributed by atoms with Crippen molar-refractivity contribution in [2.75, 3.05) is 44.2 Å². The summed E-state index contributed by atoms with van der Waals surface area (Å²) in [7, 11) is 0. The van der Waals surface area contributed by atoms with Crippen molar-refractivity contribution in [3.05, 3.63) is 75.8 Å². The SMILES string of the molecule is Cc1c(Cc2ccc(Cl)cc2)c(N2CCN(CCO)CC2)n2c(nc3ccccc32)c1C#N. The van der Waals surface area contributed by atoms with E-state index in [1.54, 1.807) is 0 Å². The molecule has 0 saturated carbocycles. The van der Waals surface area contributed by atoms with Gasteiger partial charge in [0.1, 0.15) is 11.9 Å². The maximum Gasteiger partial charge on any atom is 0.157 e. The second-order valence-electron chi connectivity index (χ2n) is 8.53. The Hall–Kier alpha value is -3.11. The second-order valence-corrected chi connectivity index (χ2v) is 8.97. The van der Waals surface area contributed by atoms with Gasteiger partial charge in [-0.05, 0) is 42.3 Å². The van der Waals surface area contributed by atoms with E-state index >= 15 is 0 Å². The van der Waals surface area contributed by atoms with Gasteiger partial charge < -0.3 is 10.0 Å². The van der Waals surface area contributed by atoms with Crippen molar-refractivity contribution in [1.82, 2.24) is 14.3 Å². The van der Waals surface area contributed by atoms with Crippen LogP contribution in [0.2, 0.25) is 5.02 Å². The number of nitrogens with zero attached hydrogens (tertiary/aromatic N) is 5. The molecule has 1 N–H and O–H groups in total. The first-order valence-electron chi connectivity index (χ1n) is 11.3. The summed E-state index contributed by atoms with van der Waals surface area (Å²) < 4.78 is 2.17. The number of halogens is 1. The molecule has 2 aromatic carbocycles. The largest absolute Gasteiger partial charge is 0.395 e. The molecule has 0 amide bonds. The average molecular weight is 460 g/mol. The quantitative estimate of drug-likeness (QED) is 0.488. The Kier molecular flexibility index (Phi) is 5.94. The van der Waals surface area contributed by atoms with Crippen LogP contribution >= 0.6 is 11.6 Å². The number of aliphatic hydroxyl groups is 1. The van der Waals surface area contributed by atoms with Crippen LogP contribution in [0.1, 0.15) is 22.3 Å². The number of β-amino-alcohol motifs (C(OH)–C–C–N with tert-alkyl or cyclic N) is 1. The molecule has 0 unspecified atom stereocenters. The third-order valence-electron chi connectivity index (χ3n) is 6.59. The molecule has 5 rings (SSSR count). The van der Waals surface area contributed by atoms with Gasteiger partial charge in [-0.2, -0.15) is 5.26 Å². The molecular weight excluding hydrogens is 434 g/mol. The van der Waals surface area contributed by atoms with Crippen LogP contribution in [0.4, 0.5) is 5.82 Å². The van der Waals surface area contributed by atoms with Crippen LogP contribution in [0.15, 0.2) is 48.5 Å². The van der Waals surface area contributed by atoms with E-state index < -0.39 is 0 Å². The zero-order valence-corrected chi connectivity index (χ0v) is 19.4. The molecule has 0 bridgehead atoms. The molecule has 6 nitrogen and oxygen atoms in total. The highest BCUT2D eigenvalue weighted by molar-refractivity contribution is 6.30. The number of pyridine rings is 1. The molecule has 4 aromatic rings. The fraction of sp³-hybridized carbons (Fsp3) is 0.308. The van der Waals surface area contributed by atoms with Crippen LogP contribution in [0.25, 0.3) is 16.7 Å². The number of hydrogen-bond donors (Lipinski definition) is 1. The van der Waals surface area contributed by atoms with E-state index in [0.29, 0.717) is 29.2 Å². The van der Waals surface area contributed by atoms with E-state index in [1.165, 1.54) is 0 Å². The Labute approximate surface area is 198 Å². The predicted octanol–water partition coefficient (Wildman–Crippen LogP) is 4.03. The van der Waals surface area contributed by atoms with Crippen molar-refractivity contribution in [3.63, 3.8) is 0 Å². The zero-order valence-electron chi connectivity index (χ0n) is 18.6. The maximum atomic E-state index is 10.1. The molecule has 0 atom stereocenters. The second kappa shape index (κ2) is 9.03. The number of para-hydroxylation sites is 2. The van der Waals surface area contributed by atoms with Gasteiger partial charge in [-0.3, -0.25) is 9.30 Å². The van der Waals surface area contributed by atoms with Crippen LogP contribution in [0, 0.1) is 18.3 Å². The topological polar surface area (TPSA) is 67.8 Å². The molecule has 0 spiro atoms. The number of fused-ring (bicyclic) bond motifs is 3. The number of benzene rings is 2. The summed E-state index contributed by atoms with van der Waals surface area (Å²) in [5.74, 6) is 1.11. The van der Waals surface area contributed by atoms with Gasteiger partial charge in [0.2, 0.25) is 0 Å². The lowest BCUT2D eigenvalue weighted by atomic mass is 9.97. The van der Waals surface area contributed by atoms with Gasteiger partial charge in [-0.1, -0.05) is 35.9 Å². The van der Waals surface area contributed by atoms with Gasteiger partial charge >= 0.3 is 0 Å². The van der Waals surface area contributed by atoms with Gasteiger partial charge in [-0.15, -0.1) is 0 Å². The first kappa shape index (κ1) is 21.7. The summed E-state index contributed by atoms with van der Waals surface area (Å²) >= 11 is 6.13. The zero-order chi connectivity index (χ0) is 22.9. The van der Waals surface area contributed by atoms with E-state index in [4.69, 9.17) is 16.6 Å². The summed E-state index contributed by atoms with van der Waals surface area (Å²) in [6, 6.07) is 18.4. The smallest absolute Gasteiger partial charge is 0.157 e. The molecule has 1 aliphatic heterocycles. The summed E-state index contributed by atoms with van der Waals surface area (Å²) in [6.07, 6.45) is 0.701. The highest BCUT2D eigenvalue weighted by Crippen LogP contribution is 2.35. The maximum absolute atomic E-state index is 10.1. The van der Waals surface area contributed by atoms with Crippen molar-refractivity contribution in [2.24, 2.45) is 0 Å². The van der Waals surface area contributed by atoms with Crippen LogP contribution in [-0.4, -0.2) is 58.7 Å². The van der Waals surface area contributed by atoms with Gasteiger partial charge in [-0.25, -0.2) is 4.98 Å². The lowest BCUT2D eigenvalue weighted by Gasteiger charge is -2.37. The third-order valence-corrected chi connectivity index (χ3v) is 6.84. The van der Waals surface area contributed by atoms with E-state index in [1.807, 2.05) is 49.4 Å². The number of anilines is 1. The van der Waals surface area contributed by atoms with E-state index in [9.17, 15) is 10.4 Å². The van der Waals surface area contributed by atoms with E-state index in [2.05, 4.69) is 26.3 Å². The number of hydrogen-bond acceptors (Lipinski definition) is 5. The fourth-order valence-electron chi connectivity index (χ4n) is 4.84. The molecule has 33 heavy (non-hydrogen) atoms. The Balaban J connectivity index is 1.73. The number of imidazole rings is 1. The van der Waals surface area contributed by atoms with Crippen LogP contribution < -0.4 is 4.90 Å². The molecule has 0 radical (unpaired) electrons. The lowest BCUT2D eigenvalue weighted by molar-refractivity contribution is 0.188. The van der Waals surface area contributed by atoms with Crippen molar-refractivity contribution in [2.45, 2.75) is 13.3 Å². The van der Waals surface area contributed by atoms with Gasteiger partial charge in [0.15, 0.2) is 5.65 Å². The molecule has 1 fully saturated rings. The van der Waals surface area contributed by atoms with Crippen molar-refractivity contribution < 1.29 is 5.11 Å². The molecule has 2 aromatic heterocycles. The molecule has 168 valence electrons. The highest BCUT2D eigenvalue weighted by Gasteiger charge is 2.26. The Bertz CT molecular complexity index is 1350. The minimum atomic E-state index is 0.175. The van der Waals surface area contributed by atoms with Gasteiger partial charge in [0.05, 0.1) is 23.2 Å². The Morgan fingerprint density at radius 2 is 1.79 bits per heavy atom. The number of piperazine rings is 1. The highest BCUT2D eigenvalue weighted by atomic mass is 35.5. The summed E-state index contributed by atoms with van der Waals surface area (Å²) in [5.41, 5.74) is 6.49. The third kappa shape index (κ3) is 3.93. The molecule has 3 heterocycles. The summed E-state index contributed by atoms with van der Waals surface area (Å²) in [4.78, 5) is 9.56. The molecular formula is C26H26ClN5O. The van der Waals surface area contributed by atoms with Gasteiger partial charge in [0, 0.05) is 49.7 Å². The van der Waals surface area contributed by atoms with Crippen molar-refractivity contribution in [3.8, 4) is 6.07 Å². The first-order chi connectivity index (χ1) is 16.1. The first-order valence-corrected chi connectivity index (χ1v) is 11.6. The Morgan fingerprint density at radius 3 is 2.48 bits per heavy atom. The number of nitriles is 1. The van der Waals surface area contributed by atoms with Crippen LogP contribution in [-0.2, 0) is 6.42 Å². The molecule has 1 aliphatic rings. The molecule has 1 saturated heterocycles. The monoisotopic (exact) mass is 459 g/mol. The molecule has 0 aliphatic carbocycles. The minimum absolute atomic E-state index is 0.175. The van der Waals surface area contributed by atoms with Gasteiger partial charge in [0.25, 0.3) is 0 Å². The number of rotatable bonds is 5. The van der Waals surface area contributed by atoms with Crippen molar-refractivity contribution in [1.29, 1.82) is 5.26 Å². The summed E-state index contributed by atoms with van der Waals surface area (Å²) in [6.45, 7) is 6.37. The number of aromatic nitrogens is 2. The van der Waals surface area contributed by atoms with Crippen LogP contribution in [0.5, 0.6) is 0 Å². The number of aliphatic hydroxyl groups excluding tert-OH is 1. The standard InChI is InChI=1S/C26H26ClN5O/c1-18-21(16-19-6-8-20(27)9-7-19)26(31-12-10-30(11-13-31)14-15-33)32-24-5-3-2-4-23(24)29-25(32)22(18)17-28/h2-9,33H,10-16H2,1H3. The average Bonchev–Trinajstić information content (AvgIpc) is 3.21. The lowest BCUT2D eigenvalue weighted by Crippen LogP contribution is -2.48. The normalized spacial score (nSPS) is 14.8. The van der Waals surface area contributed by atoms with Crippen molar-refractivity contribution >= 4 is 34.1 Å². The molecule has 7 heteroatoms. The fourth-order valence-corrected chi connectivity index (χ4v) is 4.96. The minimum Gasteiger partial charge on any atom is -0.395 e. The van der Waals surface area contributed by atoms with Crippen LogP contribution in [0.3, 0.4) is 0 Å².